The molecule has 0 aliphatic heterocycles. The summed E-state index contributed by atoms with van der Waals surface area (Å²) < 4.78 is 18.2. The van der Waals surface area contributed by atoms with Crippen molar-refractivity contribution < 1.29 is 18.7 Å². The number of rotatable bonds is 9. The number of furan rings is 1. The molecule has 142 valence electrons. The second kappa shape index (κ2) is 9.14. The van der Waals surface area contributed by atoms with Crippen molar-refractivity contribution in [3.05, 3.63) is 65.3 Å². The summed E-state index contributed by atoms with van der Waals surface area (Å²) >= 11 is 5.81. The van der Waals surface area contributed by atoms with Gasteiger partial charge in [0.25, 0.3) is 5.91 Å². The number of hydrogen-bond donors (Lipinski definition) is 1. The number of aromatic nitrogens is 2. The number of carbonyl (C=O) groups is 1. The summed E-state index contributed by atoms with van der Waals surface area (Å²) in [4.78, 5) is 12.1. The van der Waals surface area contributed by atoms with E-state index in [4.69, 9.17) is 25.5 Å². The zero-order chi connectivity index (χ0) is 19.1. The number of benzene rings is 1. The van der Waals surface area contributed by atoms with Gasteiger partial charge in [0.2, 0.25) is 0 Å². The van der Waals surface area contributed by atoms with Gasteiger partial charge in [-0.3, -0.25) is 9.48 Å². The molecule has 2 heterocycles. The second-order valence-corrected chi connectivity index (χ2v) is 6.17. The Morgan fingerprint density at radius 1 is 1.26 bits per heavy atom. The first-order chi connectivity index (χ1) is 13.2. The number of ether oxygens (including phenoxy) is 2. The maximum absolute atomic E-state index is 12.1. The molecule has 8 heteroatoms. The van der Waals surface area contributed by atoms with Crippen molar-refractivity contribution in [2.75, 3.05) is 13.7 Å². The van der Waals surface area contributed by atoms with Crippen molar-refractivity contribution in [1.29, 1.82) is 0 Å². The molecule has 0 aliphatic carbocycles. The number of nitrogens with one attached hydrogen (secondary N) is 1. The first-order valence-electron chi connectivity index (χ1n) is 8.46. The van der Waals surface area contributed by atoms with Crippen LogP contribution in [0.15, 0.2) is 53.2 Å². The van der Waals surface area contributed by atoms with E-state index in [-0.39, 0.29) is 18.3 Å². The topological polar surface area (TPSA) is 78.5 Å². The predicted molar refractivity (Wildman–Crippen MR) is 100 cm³/mol. The highest BCUT2D eigenvalue weighted by Crippen LogP contribution is 2.26. The monoisotopic (exact) mass is 389 g/mol. The van der Waals surface area contributed by atoms with Crippen LogP contribution in [0.25, 0.3) is 0 Å². The Bertz CT molecular complexity index is 890. The van der Waals surface area contributed by atoms with Crippen molar-refractivity contribution in [2.45, 2.75) is 19.6 Å². The number of nitrogens with zero attached hydrogens (tertiary/aromatic N) is 2. The van der Waals surface area contributed by atoms with Gasteiger partial charge in [-0.1, -0.05) is 23.7 Å². The van der Waals surface area contributed by atoms with Crippen LogP contribution in [0.5, 0.6) is 11.5 Å². The van der Waals surface area contributed by atoms with Crippen LogP contribution in [0.3, 0.4) is 0 Å². The number of para-hydroxylation sites is 2. The first kappa shape index (κ1) is 18.8. The minimum Gasteiger partial charge on any atom is -0.493 e. The number of aryl methyl sites for hydroxylation is 1. The third kappa shape index (κ3) is 5.27. The second-order valence-electron chi connectivity index (χ2n) is 5.74. The van der Waals surface area contributed by atoms with Crippen molar-refractivity contribution in [1.82, 2.24) is 15.1 Å². The van der Waals surface area contributed by atoms with Gasteiger partial charge in [0.1, 0.15) is 12.4 Å². The Morgan fingerprint density at radius 3 is 2.81 bits per heavy atom. The van der Waals surface area contributed by atoms with Crippen LogP contribution in [0.2, 0.25) is 5.02 Å². The number of methoxy groups -OCH3 is 1. The highest BCUT2D eigenvalue weighted by Gasteiger charge is 2.12. The SMILES string of the molecule is COc1ccccc1OCc1ccc(C(=O)NCCCn2cc(Cl)cn2)o1. The van der Waals surface area contributed by atoms with E-state index in [9.17, 15) is 4.79 Å². The molecule has 0 saturated carbocycles. The van der Waals surface area contributed by atoms with E-state index < -0.39 is 0 Å². The summed E-state index contributed by atoms with van der Waals surface area (Å²) in [5, 5.41) is 7.49. The number of hydrogen-bond acceptors (Lipinski definition) is 5. The average Bonchev–Trinajstić information content (AvgIpc) is 3.32. The summed E-state index contributed by atoms with van der Waals surface area (Å²) in [5.41, 5.74) is 0. The molecule has 0 spiro atoms. The minimum absolute atomic E-state index is 0.202. The molecule has 0 saturated heterocycles. The molecule has 0 atom stereocenters. The third-order valence-electron chi connectivity index (χ3n) is 3.78. The van der Waals surface area contributed by atoms with Gasteiger partial charge in [0.15, 0.2) is 17.3 Å². The zero-order valence-electron chi connectivity index (χ0n) is 14.9. The van der Waals surface area contributed by atoms with E-state index in [0.29, 0.717) is 35.4 Å². The van der Waals surface area contributed by atoms with Gasteiger partial charge in [0.05, 0.1) is 18.3 Å². The quantitative estimate of drug-likeness (QED) is 0.566. The van der Waals surface area contributed by atoms with Gasteiger partial charge >= 0.3 is 0 Å². The van der Waals surface area contributed by atoms with E-state index >= 15 is 0 Å². The molecule has 0 aliphatic rings. The van der Waals surface area contributed by atoms with Gasteiger partial charge in [-0.15, -0.1) is 0 Å². The van der Waals surface area contributed by atoms with Crippen LogP contribution in [0, 0.1) is 0 Å². The Hall–Kier alpha value is -2.93. The van der Waals surface area contributed by atoms with Crippen LogP contribution in [0.4, 0.5) is 0 Å². The summed E-state index contributed by atoms with van der Waals surface area (Å²) in [6.07, 6.45) is 4.05. The highest BCUT2D eigenvalue weighted by molar-refractivity contribution is 6.30. The van der Waals surface area contributed by atoms with Gasteiger partial charge in [0, 0.05) is 19.3 Å². The fourth-order valence-electron chi connectivity index (χ4n) is 2.46. The Balaban J connectivity index is 1.44. The number of halogens is 1. The van der Waals surface area contributed by atoms with E-state index in [1.807, 2.05) is 24.3 Å². The van der Waals surface area contributed by atoms with Crippen LogP contribution >= 0.6 is 11.6 Å². The maximum atomic E-state index is 12.1. The molecule has 1 aromatic carbocycles. The summed E-state index contributed by atoms with van der Waals surface area (Å²) in [7, 11) is 1.58. The molecule has 0 fully saturated rings. The van der Waals surface area contributed by atoms with Crippen LogP contribution in [-0.4, -0.2) is 29.3 Å². The Kier molecular flexibility index (Phi) is 6.38. The number of amides is 1. The van der Waals surface area contributed by atoms with E-state index in [2.05, 4.69) is 10.4 Å². The lowest BCUT2D eigenvalue weighted by atomic mass is 10.3. The fraction of sp³-hybridized carbons (Fsp3) is 0.263. The molecular weight excluding hydrogens is 370 g/mol. The van der Waals surface area contributed by atoms with E-state index in [1.165, 1.54) is 0 Å². The Labute approximate surface area is 161 Å². The smallest absolute Gasteiger partial charge is 0.286 e. The Morgan fingerprint density at radius 2 is 2.07 bits per heavy atom. The van der Waals surface area contributed by atoms with Crippen molar-refractivity contribution in [2.24, 2.45) is 0 Å². The molecule has 7 nitrogen and oxygen atoms in total. The van der Waals surface area contributed by atoms with Gasteiger partial charge < -0.3 is 19.2 Å². The average molecular weight is 390 g/mol. The normalized spacial score (nSPS) is 10.6. The summed E-state index contributed by atoms with van der Waals surface area (Å²) in [6.45, 7) is 1.38. The largest absolute Gasteiger partial charge is 0.493 e. The van der Waals surface area contributed by atoms with Gasteiger partial charge in [-0.2, -0.15) is 5.10 Å². The van der Waals surface area contributed by atoms with E-state index in [0.717, 1.165) is 6.42 Å². The lowest BCUT2D eigenvalue weighted by molar-refractivity contribution is 0.0920. The van der Waals surface area contributed by atoms with E-state index in [1.54, 1.807) is 36.3 Å². The molecule has 0 radical (unpaired) electrons. The van der Waals surface area contributed by atoms with Crippen molar-refractivity contribution in [3.63, 3.8) is 0 Å². The van der Waals surface area contributed by atoms with Crippen molar-refractivity contribution in [3.8, 4) is 11.5 Å². The van der Waals surface area contributed by atoms with Crippen LogP contribution in [-0.2, 0) is 13.2 Å². The molecule has 1 amide bonds. The summed E-state index contributed by atoms with van der Waals surface area (Å²) in [6, 6.07) is 10.7. The highest BCUT2D eigenvalue weighted by atomic mass is 35.5. The molecule has 1 N–H and O–H groups in total. The zero-order valence-corrected chi connectivity index (χ0v) is 15.6. The van der Waals surface area contributed by atoms with Crippen molar-refractivity contribution >= 4 is 17.5 Å². The first-order valence-corrected chi connectivity index (χ1v) is 8.84. The molecule has 0 bridgehead atoms. The summed E-state index contributed by atoms with van der Waals surface area (Å²) in [5.74, 6) is 1.78. The van der Waals surface area contributed by atoms with Crippen LogP contribution in [0.1, 0.15) is 22.7 Å². The standard InChI is InChI=1S/C19H20ClN3O4/c1-25-16-5-2-3-6-17(16)26-13-15-7-8-18(27-15)19(24)21-9-4-10-23-12-14(20)11-22-23/h2-3,5-8,11-12H,4,9-10,13H2,1H3,(H,21,24). The van der Waals surface area contributed by atoms with Gasteiger partial charge in [-0.25, -0.2) is 0 Å². The molecule has 3 aromatic rings. The maximum Gasteiger partial charge on any atom is 0.286 e. The number of carbonyl (C=O) groups excluding carboxylic acids is 1. The lowest BCUT2D eigenvalue weighted by Gasteiger charge is -2.08. The predicted octanol–water partition coefficient (Wildman–Crippen LogP) is 3.54. The lowest BCUT2D eigenvalue weighted by Crippen LogP contribution is -2.24. The van der Waals surface area contributed by atoms with Gasteiger partial charge in [-0.05, 0) is 30.7 Å². The minimum atomic E-state index is -0.267. The molecular formula is C19H20ClN3O4. The molecule has 27 heavy (non-hydrogen) atoms. The molecule has 2 aromatic heterocycles. The third-order valence-corrected chi connectivity index (χ3v) is 3.97. The molecule has 3 rings (SSSR count). The van der Waals surface area contributed by atoms with Crippen LogP contribution < -0.4 is 14.8 Å². The fourth-order valence-corrected chi connectivity index (χ4v) is 2.61. The molecule has 0 unspecified atom stereocenters.